The van der Waals surface area contributed by atoms with Gasteiger partial charge in [-0.1, -0.05) is 36.4 Å². The van der Waals surface area contributed by atoms with Crippen molar-refractivity contribution in [3.8, 4) is 0 Å². The highest BCUT2D eigenvalue weighted by Crippen LogP contribution is 2.21. The predicted octanol–water partition coefficient (Wildman–Crippen LogP) is 4.00. The summed E-state index contributed by atoms with van der Waals surface area (Å²) in [5.74, 6) is -2.27. The molecule has 0 aliphatic rings. The third-order valence-electron chi connectivity index (χ3n) is 3.71. The maximum atomic E-state index is 13.8. The Morgan fingerprint density at radius 3 is 2.70 bits per heavy atom. The Labute approximate surface area is 132 Å². The van der Waals surface area contributed by atoms with Gasteiger partial charge in [-0.15, -0.1) is 0 Å². The van der Waals surface area contributed by atoms with Crippen LogP contribution in [0, 0.1) is 11.6 Å². The normalized spacial score (nSPS) is 12.1. The molecular weight excluding hydrogens is 298 g/mol. The van der Waals surface area contributed by atoms with Gasteiger partial charge in [-0.2, -0.15) is 0 Å². The second kappa shape index (κ2) is 6.12. The monoisotopic (exact) mass is 312 g/mol. The molecule has 3 nitrogen and oxygen atoms in total. The van der Waals surface area contributed by atoms with E-state index < -0.39 is 17.7 Å². The molecule has 116 valence electrons. The smallest absolute Gasteiger partial charge is 0.253 e. The largest absolute Gasteiger partial charge is 0.345 e. The SMILES string of the molecule is CC(NC(=O)c1cncc2ccccc12)c1cccc(F)c1F. The van der Waals surface area contributed by atoms with Crippen LogP contribution < -0.4 is 5.32 Å². The lowest BCUT2D eigenvalue weighted by Crippen LogP contribution is -2.27. The van der Waals surface area contributed by atoms with Gasteiger partial charge in [0.15, 0.2) is 11.6 Å². The maximum Gasteiger partial charge on any atom is 0.253 e. The van der Waals surface area contributed by atoms with Crippen LogP contribution in [0.25, 0.3) is 10.8 Å². The molecular formula is C18H14F2N2O. The Hall–Kier alpha value is -2.82. The summed E-state index contributed by atoms with van der Waals surface area (Å²) in [4.78, 5) is 16.5. The molecule has 1 aromatic heterocycles. The molecule has 0 saturated carbocycles. The van der Waals surface area contributed by atoms with Crippen molar-refractivity contribution >= 4 is 16.7 Å². The summed E-state index contributed by atoms with van der Waals surface area (Å²) in [6.07, 6.45) is 3.13. The number of halogens is 2. The highest BCUT2D eigenvalue weighted by molar-refractivity contribution is 6.06. The highest BCUT2D eigenvalue weighted by atomic mass is 19.2. The third-order valence-corrected chi connectivity index (χ3v) is 3.71. The molecule has 3 aromatic rings. The molecule has 0 bridgehead atoms. The maximum absolute atomic E-state index is 13.8. The van der Waals surface area contributed by atoms with Crippen molar-refractivity contribution in [2.45, 2.75) is 13.0 Å². The number of hydrogen-bond donors (Lipinski definition) is 1. The number of fused-ring (bicyclic) bond motifs is 1. The number of pyridine rings is 1. The molecule has 1 N–H and O–H groups in total. The zero-order chi connectivity index (χ0) is 16.4. The van der Waals surface area contributed by atoms with E-state index >= 15 is 0 Å². The second-order valence-electron chi connectivity index (χ2n) is 5.25. The standard InChI is InChI=1S/C18H14F2N2O/c1-11(13-7-4-8-16(19)17(13)20)22-18(23)15-10-21-9-12-5-2-3-6-14(12)15/h2-11H,1H3,(H,22,23). The molecule has 23 heavy (non-hydrogen) atoms. The van der Waals surface area contributed by atoms with Gasteiger partial charge in [-0.3, -0.25) is 9.78 Å². The van der Waals surface area contributed by atoms with E-state index in [9.17, 15) is 13.6 Å². The van der Waals surface area contributed by atoms with E-state index in [1.54, 1.807) is 13.1 Å². The molecule has 0 radical (unpaired) electrons. The van der Waals surface area contributed by atoms with Gasteiger partial charge in [0.2, 0.25) is 0 Å². The van der Waals surface area contributed by atoms with Crippen molar-refractivity contribution in [1.29, 1.82) is 0 Å². The number of rotatable bonds is 3. The number of carbonyl (C=O) groups excluding carboxylic acids is 1. The van der Waals surface area contributed by atoms with Gasteiger partial charge < -0.3 is 5.32 Å². The molecule has 0 fully saturated rings. The van der Waals surface area contributed by atoms with E-state index in [1.165, 1.54) is 18.3 Å². The van der Waals surface area contributed by atoms with E-state index in [4.69, 9.17) is 0 Å². The minimum Gasteiger partial charge on any atom is -0.345 e. The zero-order valence-electron chi connectivity index (χ0n) is 12.4. The summed E-state index contributed by atoms with van der Waals surface area (Å²) in [5, 5.41) is 4.28. The fraction of sp³-hybridized carbons (Fsp3) is 0.111. The molecule has 2 aromatic carbocycles. The summed E-state index contributed by atoms with van der Waals surface area (Å²) < 4.78 is 27.1. The van der Waals surface area contributed by atoms with Crippen molar-refractivity contribution in [3.05, 3.63) is 77.6 Å². The van der Waals surface area contributed by atoms with Crippen molar-refractivity contribution in [1.82, 2.24) is 10.3 Å². The van der Waals surface area contributed by atoms with Gasteiger partial charge in [0, 0.05) is 23.3 Å². The Kier molecular flexibility index (Phi) is 4.02. The number of aromatic nitrogens is 1. The molecule has 0 spiro atoms. The van der Waals surface area contributed by atoms with Crippen LogP contribution in [0.2, 0.25) is 0 Å². The van der Waals surface area contributed by atoms with Crippen LogP contribution in [0.4, 0.5) is 8.78 Å². The van der Waals surface area contributed by atoms with Crippen molar-refractivity contribution in [3.63, 3.8) is 0 Å². The summed E-state index contributed by atoms with van der Waals surface area (Å²) in [7, 11) is 0. The minimum atomic E-state index is -0.948. The Morgan fingerprint density at radius 1 is 1.09 bits per heavy atom. The van der Waals surface area contributed by atoms with E-state index in [-0.39, 0.29) is 11.5 Å². The molecule has 0 aliphatic heterocycles. The number of nitrogens with one attached hydrogen (secondary N) is 1. The van der Waals surface area contributed by atoms with Crippen molar-refractivity contribution < 1.29 is 13.6 Å². The summed E-state index contributed by atoms with van der Waals surface area (Å²) in [5.41, 5.74) is 0.498. The Balaban J connectivity index is 1.90. The highest BCUT2D eigenvalue weighted by Gasteiger charge is 2.18. The Bertz CT molecular complexity index is 875. The van der Waals surface area contributed by atoms with E-state index in [0.29, 0.717) is 5.56 Å². The minimum absolute atomic E-state index is 0.103. The Morgan fingerprint density at radius 2 is 1.87 bits per heavy atom. The number of hydrogen-bond acceptors (Lipinski definition) is 2. The topological polar surface area (TPSA) is 42.0 Å². The molecule has 3 rings (SSSR count). The number of amides is 1. The second-order valence-corrected chi connectivity index (χ2v) is 5.25. The fourth-order valence-corrected chi connectivity index (χ4v) is 2.50. The lowest BCUT2D eigenvalue weighted by atomic mass is 10.0. The quantitative estimate of drug-likeness (QED) is 0.794. The average Bonchev–Trinajstić information content (AvgIpc) is 2.56. The van der Waals surface area contributed by atoms with Gasteiger partial charge in [-0.25, -0.2) is 8.78 Å². The van der Waals surface area contributed by atoms with Gasteiger partial charge in [0.25, 0.3) is 5.91 Å². The van der Waals surface area contributed by atoms with Crippen LogP contribution >= 0.6 is 0 Å². The van der Waals surface area contributed by atoms with Gasteiger partial charge in [0.05, 0.1) is 11.6 Å². The van der Waals surface area contributed by atoms with Gasteiger partial charge >= 0.3 is 0 Å². The van der Waals surface area contributed by atoms with Crippen LogP contribution in [-0.2, 0) is 0 Å². The molecule has 1 unspecified atom stereocenters. The van der Waals surface area contributed by atoms with Crippen molar-refractivity contribution in [2.24, 2.45) is 0 Å². The van der Waals surface area contributed by atoms with E-state index in [2.05, 4.69) is 10.3 Å². The average molecular weight is 312 g/mol. The summed E-state index contributed by atoms with van der Waals surface area (Å²) in [6.45, 7) is 1.61. The lowest BCUT2D eigenvalue weighted by Gasteiger charge is -2.16. The first-order valence-corrected chi connectivity index (χ1v) is 7.15. The molecule has 1 heterocycles. The summed E-state index contributed by atoms with van der Waals surface area (Å²) in [6, 6.07) is 10.6. The van der Waals surface area contributed by atoms with Crippen LogP contribution in [0.15, 0.2) is 54.9 Å². The molecule has 5 heteroatoms. The third kappa shape index (κ3) is 2.90. The van der Waals surface area contributed by atoms with Crippen LogP contribution in [-0.4, -0.2) is 10.9 Å². The van der Waals surface area contributed by atoms with Gasteiger partial charge in [0.1, 0.15) is 0 Å². The number of carbonyl (C=O) groups is 1. The van der Waals surface area contributed by atoms with E-state index in [0.717, 1.165) is 16.8 Å². The fourth-order valence-electron chi connectivity index (χ4n) is 2.50. The van der Waals surface area contributed by atoms with Crippen LogP contribution in [0.5, 0.6) is 0 Å². The number of benzene rings is 2. The lowest BCUT2D eigenvalue weighted by molar-refractivity contribution is 0.0940. The van der Waals surface area contributed by atoms with Gasteiger partial charge in [-0.05, 0) is 18.4 Å². The zero-order valence-corrected chi connectivity index (χ0v) is 12.4. The first kappa shape index (κ1) is 15.1. The first-order valence-electron chi connectivity index (χ1n) is 7.15. The van der Waals surface area contributed by atoms with Crippen LogP contribution in [0.1, 0.15) is 28.9 Å². The molecule has 0 aliphatic carbocycles. The number of nitrogens with zero attached hydrogens (tertiary/aromatic N) is 1. The summed E-state index contributed by atoms with van der Waals surface area (Å²) >= 11 is 0. The molecule has 1 atom stereocenters. The van der Waals surface area contributed by atoms with Crippen LogP contribution in [0.3, 0.4) is 0 Å². The molecule has 0 saturated heterocycles. The van der Waals surface area contributed by atoms with E-state index in [1.807, 2.05) is 24.3 Å². The molecule has 1 amide bonds. The first-order chi connectivity index (χ1) is 11.1. The van der Waals surface area contributed by atoms with Crippen molar-refractivity contribution in [2.75, 3.05) is 0 Å². The predicted molar refractivity (Wildman–Crippen MR) is 84.0 cm³/mol.